The zero-order valence-electron chi connectivity index (χ0n) is 14.9. The number of carboxylic acids is 2. The number of aromatic nitrogens is 4. The van der Waals surface area contributed by atoms with Gasteiger partial charge in [0.1, 0.15) is 11.3 Å². The van der Waals surface area contributed by atoms with Gasteiger partial charge in [-0.15, -0.1) is 0 Å². The molecule has 0 bridgehead atoms. The van der Waals surface area contributed by atoms with Crippen LogP contribution in [0, 0.1) is 0 Å². The molecule has 0 saturated carbocycles. The number of phenols is 1. The van der Waals surface area contributed by atoms with Gasteiger partial charge in [0.05, 0.1) is 29.4 Å². The molecule has 3 N–H and O–H groups in total. The third kappa shape index (κ3) is 3.36. The van der Waals surface area contributed by atoms with Gasteiger partial charge in [0, 0.05) is 18.0 Å². The lowest BCUT2D eigenvalue weighted by Gasteiger charge is -2.08. The van der Waals surface area contributed by atoms with Crippen LogP contribution in [-0.4, -0.2) is 47.0 Å². The zero-order valence-corrected chi connectivity index (χ0v) is 14.9. The first-order chi connectivity index (χ1) is 13.9. The van der Waals surface area contributed by atoms with Gasteiger partial charge in [-0.2, -0.15) is 5.10 Å². The molecule has 0 fully saturated rings. The van der Waals surface area contributed by atoms with E-state index >= 15 is 0 Å². The highest BCUT2D eigenvalue weighted by Gasteiger charge is 2.18. The molecule has 4 aromatic rings. The van der Waals surface area contributed by atoms with Crippen molar-refractivity contribution in [3.63, 3.8) is 0 Å². The quantitative estimate of drug-likeness (QED) is 0.473. The molecule has 144 valence electrons. The number of pyridine rings is 2. The molecule has 0 saturated heterocycles. The van der Waals surface area contributed by atoms with Crippen LogP contribution in [0.25, 0.3) is 22.3 Å². The standard InChI is InChI=1S/C20H14N4O5/c25-17-7-12(1-2-13(17)19(26)27)16-8-14(20(28)29)15-9-22-24(18(15)23-16)10-11-3-5-21-6-4-11/h1-9,25H,10H2,(H,26,27)(H,28,29). The fraction of sp³-hybridized carbons (Fsp3) is 0.0500. The summed E-state index contributed by atoms with van der Waals surface area (Å²) >= 11 is 0. The normalized spacial score (nSPS) is 10.9. The first-order valence-corrected chi connectivity index (χ1v) is 8.49. The van der Waals surface area contributed by atoms with Gasteiger partial charge in [-0.25, -0.2) is 19.3 Å². The Balaban J connectivity index is 1.87. The summed E-state index contributed by atoms with van der Waals surface area (Å²) in [5.74, 6) is -2.84. The van der Waals surface area contributed by atoms with Crippen molar-refractivity contribution < 1.29 is 24.9 Å². The molecule has 0 aliphatic carbocycles. The molecule has 3 heterocycles. The smallest absolute Gasteiger partial charge is 0.339 e. The van der Waals surface area contributed by atoms with Gasteiger partial charge in [0.2, 0.25) is 0 Å². The average molecular weight is 390 g/mol. The Hall–Kier alpha value is -4.27. The van der Waals surface area contributed by atoms with E-state index in [4.69, 9.17) is 5.11 Å². The van der Waals surface area contributed by atoms with Crippen LogP contribution >= 0.6 is 0 Å². The monoisotopic (exact) mass is 390 g/mol. The molecule has 0 spiro atoms. The summed E-state index contributed by atoms with van der Waals surface area (Å²) < 4.78 is 1.58. The van der Waals surface area contributed by atoms with Gasteiger partial charge in [-0.1, -0.05) is 6.07 Å². The molecule has 0 amide bonds. The van der Waals surface area contributed by atoms with Crippen LogP contribution in [0.4, 0.5) is 0 Å². The predicted molar refractivity (Wildman–Crippen MR) is 102 cm³/mol. The van der Waals surface area contributed by atoms with E-state index in [9.17, 15) is 19.8 Å². The fourth-order valence-electron chi connectivity index (χ4n) is 3.02. The van der Waals surface area contributed by atoms with E-state index in [1.54, 1.807) is 17.1 Å². The van der Waals surface area contributed by atoms with E-state index in [0.717, 1.165) is 5.56 Å². The Kier molecular flexibility index (Phi) is 4.40. The van der Waals surface area contributed by atoms with Crippen LogP contribution in [-0.2, 0) is 6.54 Å². The van der Waals surface area contributed by atoms with E-state index in [0.29, 0.717) is 23.1 Å². The lowest BCUT2D eigenvalue weighted by Crippen LogP contribution is -2.05. The maximum atomic E-state index is 11.8. The highest BCUT2D eigenvalue weighted by molar-refractivity contribution is 6.03. The van der Waals surface area contributed by atoms with Gasteiger partial charge < -0.3 is 15.3 Å². The second kappa shape index (κ2) is 7.04. The van der Waals surface area contributed by atoms with Crippen LogP contribution in [0.2, 0.25) is 0 Å². The van der Waals surface area contributed by atoms with Crippen molar-refractivity contribution in [1.29, 1.82) is 0 Å². The maximum Gasteiger partial charge on any atom is 0.339 e. The Morgan fingerprint density at radius 2 is 1.69 bits per heavy atom. The number of hydrogen-bond donors (Lipinski definition) is 3. The van der Waals surface area contributed by atoms with Crippen molar-refractivity contribution in [3.8, 4) is 17.0 Å². The Bertz CT molecular complexity index is 1250. The molecule has 3 aromatic heterocycles. The lowest BCUT2D eigenvalue weighted by molar-refractivity contribution is 0.0685. The molecular weight excluding hydrogens is 376 g/mol. The van der Waals surface area contributed by atoms with Crippen LogP contribution in [0.3, 0.4) is 0 Å². The lowest BCUT2D eigenvalue weighted by atomic mass is 10.0. The highest BCUT2D eigenvalue weighted by Crippen LogP contribution is 2.29. The van der Waals surface area contributed by atoms with E-state index in [-0.39, 0.29) is 16.8 Å². The number of nitrogens with zero attached hydrogens (tertiary/aromatic N) is 4. The fourth-order valence-corrected chi connectivity index (χ4v) is 3.02. The van der Waals surface area contributed by atoms with E-state index in [2.05, 4.69) is 15.1 Å². The molecule has 9 nitrogen and oxygen atoms in total. The summed E-state index contributed by atoms with van der Waals surface area (Å²) in [5.41, 5.74) is 1.69. The minimum atomic E-state index is -1.26. The van der Waals surface area contributed by atoms with Crippen LogP contribution < -0.4 is 0 Å². The summed E-state index contributed by atoms with van der Waals surface area (Å²) in [5, 5.41) is 33.3. The van der Waals surface area contributed by atoms with E-state index < -0.39 is 17.7 Å². The van der Waals surface area contributed by atoms with Gasteiger partial charge in [0.15, 0.2) is 5.65 Å². The largest absolute Gasteiger partial charge is 0.507 e. The number of fused-ring (bicyclic) bond motifs is 1. The van der Waals surface area contributed by atoms with Crippen LogP contribution in [0.5, 0.6) is 5.75 Å². The molecule has 4 rings (SSSR count). The summed E-state index contributed by atoms with van der Waals surface area (Å²) in [4.78, 5) is 31.4. The Labute approximate surface area is 163 Å². The number of aromatic carboxylic acids is 2. The molecule has 9 heteroatoms. The Morgan fingerprint density at radius 1 is 0.966 bits per heavy atom. The van der Waals surface area contributed by atoms with E-state index in [1.165, 1.54) is 30.5 Å². The second-order valence-corrected chi connectivity index (χ2v) is 6.29. The number of carbonyl (C=O) groups is 2. The summed E-state index contributed by atoms with van der Waals surface area (Å²) in [7, 11) is 0. The SMILES string of the molecule is O=C(O)c1ccc(-c2cc(C(=O)O)c3cnn(Cc4ccncc4)c3n2)cc1O. The Morgan fingerprint density at radius 3 is 2.34 bits per heavy atom. The van der Waals surface area contributed by atoms with Gasteiger partial charge in [-0.3, -0.25) is 4.98 Å². The summed E-state index contributed by atoms with van der Waals surface area (Å²) in [6.07, 6.45) is 4.74. The molecule has 0 aliphatic heterocycles. The van der Waals surface area contributed by atoms with Crippen molar-refractivity contribution >= 4 is 23.0 Å². The topological polar surface area (TPSA) is 138 Å². The number of benzene rings is 1. The zero-order chi connectivity index (χ0) is 20.5. The molecule has 0 unspecified atom stereocenters. The van der Waals surface area contributed by atoms with Crippen molar-refractivity contribution in [2.24, 2.45) is 0 Å². The van der Waals surface area contributed by atoms with Crippen LogP contribution in [0.1, 0.15) is 26.3 Å². The van der Waals surface area contributed by atoms with E-state index in [1.807, 2.05) is 12.1 Å². The number of aromatic hydroxyl groups is 1. The summed E-state index contributed by atoms with van der Waals surface area (Å²) in [6.45, 7) is 0.366. The number of carboxylic acid groups (broad SMARTS) is 2. The summed E-state index contributed by atoms with van der Waals surface area (Å²) in [6, 6.07) is 8.96. The van der Waals surface area contributed by atoms with Gasteiger partial charge >= 0.3 is 11.9 Å². The molecule has 0 atom stereocenters. The van der Waals surface area contributed by atoms with Crippen molar-refractivity contribution in [1.82, 2.24) is 19.7 Å². The minimum Gasteiger partial charge on any atom is -0.507 e. The number of rotatable bonds is 5. The molecule has 0 radical (unpaired) electrons. The average Bonchev–Trinajstić information content (AvgIpc) is 3.10. The molecular formula is C20H14N4O5. The third-order valence-corrected chi connectivity index (χ3v) is 4.45. The predicted octanol–water partition coefficient (Wildman–Crippen LogP) is 2.64. The van der Waals surface area contributed by atoms with Crippen molar-refractivity contribution in [3.05, 3.63) is 71.7 Å². The molecule has 0 aliphatic rings. The molecule has 1 aromatic carbocycles. The van der Waals surface area contributed by atoms with Crippen LogP contribution in [0.15, 0.2) is 55.0 Å². The third-order valence-electron chi connectivity index (χ3n) is 4.45. The minimum absolute atomic E-state index is 0.00720. The van der Waals surface area contributed by atoms with Gasteiger partial charge in [-0.05, 0) is 35.9 Å². The molecule has 29 heavy (non-hydrogen) atoms. The second-order valence-electron chi connectivity index (χ2n) is 6.29. The van der Waals surface area contributed by atoms with Crippen molar-refractivity contribution in [2.75, 3.05) is 0 Å². The number of hydrogen-bond acceptors (Lipinski definition) is 6. The van der Waals surface area contributed by atoms with Crippen molar-refractivity contribution in [2.45, 2.75) is 6.54 Å². The van der Waals surface area contributed by atoms with Gasteiger partial charge in [0.25, 0.3) is 0 Å². The first-order valence-electron chi connectivity index (χ1n) is 8.49. The highest BCUT2D eigenvalue weighted by atomic mass is 16.4. The first kappa shape index (κ1) is 18.1. The maximum absolute atomic E-state index is 11.8.